The second kappa shape index (κ2) is 8.80. The van der Waals surface area contributed by atoms with E-state index >= 15 is 0 Å². The second-order valence-electron chi connectivity index (χ2n) is 5.79. The summed E-state index contributed by atoms with van der Waals surface area (Å²) in [6.07, 6.45) is 0.537. The van der Waals surface area contributed by atoms with E-state index in [4.69, 9.17) is 4.74 Å². The van der Waals surface area contributed by atoms with Gasteiger partial charge in [0.15, 0.2) is 0 Å². The third kappa shape index (κ3) is 5.73. The fraction of sp³-hybridized carbons (Fsp3) is 0.333. The van der Waals surface area contributed by atoms with Gasteiger partial charge in [-0.1, -0.05) is 0 Å². The fourth-order valence-electron chi connectivity index (χ4n) is 2.45. The molecule has 1 aromatic heterocycles. The Morgan fingerprint density at radius 2 is 1.77 bits per heavy atom. The molecule has 138 valence electrons. The maximum absolute atomic E-state index is 12.0. The summed E-state index contributed by atoms with van der Waals surface area (Å²) in [5.74, 6) is 0.983. The molecule has 3 amide bonds. The van der Waals surface area contributed by atoms with Crippen LogP contribution in [0, 0.1) is 13.8 Å². The van der Waals surface area contributed by atoms with Crippen molar-refractivity contribution in [3.8, 4) is 5.75 Å². The van der Waals surface area contributed by atoms with Gasteiger partial charge >= 0.3 is 6.03 Å². The van der Waals surface area contributed by atoms with Crippen LogP contribution in [0.4, 0.5) is 16.2 Å². The van der Waals surface area contributed by atoms with Gasteiger partial charge in [0.1, 0.15) is 11.6 Å². The molecule has 8 heteroatoms. The third-order valence-corrected chi connectivity index (χ3v) is 3.43. The van der Waals surface area contributed by atoms with Crippen molar-refractivity contribution < 1.29 is 14.3 Å². The van der Waals surface area contributed by atoms with Crippen molar-refractivity contribution in [3.63, 3.8) is 0 Å². The highest BCUT2D eigenvalue weighted by molar-refractivity contribution is 5.94. The molecule has 2 aromatic rings. The molecule has 26 heavy (non-hydrogen) atoms. The zero-order valence-electron chi connectivity index (χ0n) is 15.3. The molecule has 2 rings (SSSR count). The smallest absolute Gasteiger partial charge is 0.319 e. The van der Waals surface area contributed by atoms with Crippen LogP contribution in [0.1, 0.15) is 24.1 Å². The highest BCUT2D eigenvalue weighted by Gasteiger charge is 2.08. The minimum atomic E-state index is -0.353. The van der Waals surface area contributed by atoms with E-state index in [1.54, 1.807) is 18.2 Å². The molecule has 1 heterocycles. The van der Waals surface area contributed by atoms with E-state index in [0.29, 0.717) is 35.9 Å². The fourth-order valence-corrected chi connectivity index (χ4v) is 2.45. The summed E-state index contributed by atoms with van der Waals surface area (Å²) in [4.78, 5) is 32.0. The van der Waals surface area contributed by atoms with Crippen LogP contribution in [-0.4, -0.2) is 35.6 Å². The molecule has 0 saturated carbocycles. The third-order valence-electron chi connectivity index (χ3n) is 3.43. The van der Waals surface area contributed by atoms with Crippen molar-refractivity contribution >= 4 is 23.3 Å². The van der Waals surface area contributed by atoms with Crippen LogP contribution in [0.25, 0.3) is 0 Å². The maximum Gasteiger partial charge on any atom is 0.319 e. The molecule has 0 fully saturated rings. The Hall–Kier alpha value is -3.16. The summed E-state index contributed by atoms with van der Waals surface area (Å²) in [6.45, 7) is 5.63. The number of methoxy groups -OCH3 is 1. The normalized spacial score (nSPS) is 10.2. The lowest BCUT2D eigenvalue weighted by Crippen LogP contribution is -2.30. The zero-order chi connectivity index (χ0) is 19.1. The Labute approximate surface area is 152 Å². The van der Waals surface area contributed by atoms with Gasteiger partial charge in [0.25, 0.3) is 0 Å². The minimum Gasteiger partial charge on any atom is -0.495 e. The number of rotatable bonds is 6. The summed E-state index contributed by atoms with van der Waals surface area (Å²) in [7, 11) is 1.51. The van der Waals surface area contributed by atoms with Gasteiger partial charge in [-0.05, 0) is 38.1 Å². The number of nitrogens with zero attached hydrogens (tertiary/aromatic N) is 2. The van der Waals surface area contributed by atoms with Gasteiger partial charge in [-0.2, -0.15) is 0 Å². The number of anilines is 2. The molecule has 0 saturated heterocycles. The molecule has 0 aliphatic rings. The molecular weight excluding hydrogens is 334 g/mol. The van der Waals surface area contributed by atoms with Crippen molar-refractivity contribution in [3.05, 3.63) is 41.5 Å². The minimum absolute atomic E-state index is 0.224. The number of amides is 3. The van der Waals surface area contributed by atoms with Gasteiger partial charge in [-0.3, -0.25) is 4.79 Å². The molecule has 0 atom stereocenters. The first kappa shape index (κ1) is 19.2. The lowest BCUT2D eigenvalue weighted by molar-refractivity contribution is -0.114. The number of carbonyl (C=O) groups is 2. The highest BCUT2D eigenvalue weighted by Crippen LogP contribution is 2.27. The van der Waals surface area contributed by atoms with E-state index in [1.165, 1.54) is 14.0 Å². The first-order valence-electron chi connectivity index (χ1n) is 8.19. The lowest BCUT2D eigenvalue weighted by atomic mass is 10.2. The van der Waals surface area contributed by atoms with E-state index in [2.05, 4.69) is 25.9 Å². The number of benzene rings is 1. The average Bonchev–Trinajstić information content (AvgIpc) is 2.53. The number of ether oxygens (including phenoxy) is 1. The first-order chi connectivity index (χ1) is 12.4. The molecule has 8 nitrogen and oxygen atoms in total. The van der Waals surface area contributed by atoms with E-state index in [9.17, 15) is 9.59 Å². The van der Waals surface area contributed by atoms with Crippen LogP contribution < -0.4 is 20.7 Å². The van der Waals surface area contributed by atoms with Gasteiger partial charge in [0, 0.05) is 37.0 Å². The van der Waals surface area contributed by atoms with Crippen molar-refractivity contribution in [1.29, 1.82) is 0 Å². The largest absolute Gasteiger partial charge is 0.495 e. The van der Waals surface area contributed by atoms with Gasteiger partial charge in [0.2, 0.25) is 5.91 Å². The van der Waals surface area contributed by atoms with Gasteiger partial charge in [-0.15, -0.1) is 0 Å². The average molecular weight is 357 g/mol. The Kier molecular flexibility index (Phi) is 6.48. The number of hydrogen-bond donors (Lipinski definition) is 3. The molecule has 0 spiro atoms. The van der Waals surface area contributed by atoms with Gasteiger partial charge in [-0.25, -0.2) is 14.8 Å². The zero-order valence-corrected chi connectivity index (χ0v) is 15.3. The van der Waals surface area contributed by atoms with E-state index in [1.807, 2.05) is 19.9 Å². The molecule has 0 aliphatic carbocycles. The summed E-state index contributed by atoms with van der Waals surface area (Å²) in [6, 6.07) is 6.54. The number of aromatic nitrogens is 2. The summed E-state index contributed by atoms with van der Waals surface area (Å²) >= 11 is 0. The standard InChI is InChI=1S/C18H23N5O3/c1-11-9-12(2)21-17(20-11)7-8-19-18(25)23-14-5-6-16(26-4)15(10-14)22-13(3)24/h5-6,9-10H,7-8H2,1-4H3,(H,22,24)(H2,19,23,25). The Morgan fingerprint density at radius 1 is 1.08 bits per heavy atom. The quantitative estimate of drug-likeness (QED) is 0.736. The summed E-state index contributed by atoms with van der Waals surface area (Å²) in [5, 5.41) is 8.14. The number of carbonyl (C=O) groups excluding carboxylic acids is 2. The molecule has 0 aliphatic heterocycles. The molecule has 0 radical (unpaired) electrons. The molecule has 0 unspecified atom stereocenters. The van der Waals surface area contributed by atoms with Crippen LogP contribution >= 0.6 is 0 Å². The van der Waals surface area contributed by atoms with Crippen LogP contribution in [0.15, 0.2) is 24.3 Å². The van der Waals surface area contributed by atoms with Gasteiger partial charge < -0.3 is 20.7 Å². The van der Waals surface area contributed by atoms with Crippen molar-refractivity contribution in [2.45, 2.75) is 27.2 Å². The Bertz CT molecular complexity index is 787. The number of urea groups is 1. The summed E-state index contributed by atoms with van der Waals surface area (Å²) in [5.41, 5.74) is 2.83. The lowest BCUT2D eigenvalue weighted by Gasteiger charge is -2.12. The van der Waals surface area contributed by atoms with Crippen LogP contribution in [0.3, 0.4) is 0 Å². The Balaban J connectivity index is 1.91. The number of aryl methyl sites for hydroxylation is 2. The molecule has 0 bridgehead atoms. The van der Waals surface area contributed by atoms with Crippen LogP contribution in [0.2, 0.25) is 0 Å². The predicted octanol–water partition coefficient (Wildman–Crippen LogP) is 2.42. The molecule has 1 aromatic carbocycles. The van der Waals surface area contributed by atoms with Crippen molar-refractivity contribution in [2.24, 2.45) is 0 Å². The SMILES string of the molecule is COc1ccc(NC(=O)NCCc2nc(C)cc(C)n2)cc1NC(C)=O. The molecule has 3 N–H and O–H groups in total. The second-order valence-corrected chi connectivity index (χ2v) is 5.79. The topological polar surface area (TPSA) is 105 Å². The van der Waals surface area contributed by atoms with E-state index in [0.717, 1.165) is 11.4 Å². The van der Waals surface area contributed by atoms with Crippen LogP contribution in [0.5, 0.6) is 5.75 Å². The van der Waals surface area contributed by atoms with Crippen molar-refractivity contribution in [1.82, 2.24) is 15.3 Å². The van der Waals surface area contributed by atoms with Gasteiger partial charge in [0.05, 0.1) is 12.8 Å². The number of hydrogen-bond acceptors (Lipinski definition) is 5. The Morgan fingerprint density at radius 3 is 2.38 bits per heavy atom. The van der Waals surface area contributed by atoms with E-state index < -0.39 is 0 Å². The summed E-state index contributed by atoms with van der Waals surface area (Å²) < 4.78 is 5.18. The van der Waals surface area contributed by atoms with Crippen LogP contribution in [-0.2, 0) is 11.2 Å². The predicted molar refractivity (Wildman–Crippen MR) is 99.5 cm³/mol. The number of nitrogens with one attached hydrogen (secondary N) is 3. The van der Waals surface area contributed by atoms with Crippen molar-refractivity contribution in [2.75, 3.05) is 24.3 Å². The highest BCUT2D eigenvalue weighted by atomic mass is 16.5. The monoisotopic (exact) mass is 357 g/mol. The van der Waals surface area contributed by atoms with E-state index in [-0.39, 0.29) is 11.9 Å². The maximum atomic E-state index is 12.0. The molecular formula is C18H23N5O3. The first-order valence-corrected chi connectivity index (χ1v) is 8.19.